The van der Waals surface area contributed by atoms with Crippen LogP contribution >= 0.6 is 0 Å². The highest BCUT2D eigenvalue weighted by atomic mass is 19.1. The number of hydrogen-bond donors (Lipinski definition) is 1. The van der Waals surface area contributed by atoms with Gasteiger partial charge in [-0.15, -0.1) is 0 Å². The Kier molecular flexibility index (Phi) is 5.91. The summed E-state index contributed by atoms with van der Waals surface area (Å²) in [5, 5.41) is 9.03. The molecule has 0 aromatic heterocycles. The summed E-state index contributed by atoms with van der Waals surface area (Å²) in [5.74, 6) is -2.09. The van der Waals surface area contributed by atoms with Crippen molar-refractivity contribution in [3.05, 3.63) is 35.1 Å². The maximum atomic E-state index is 13.8. The van der Waals surface area contributed by atoms with Crippen LogP contribution in [0, 0.1) is 23.2 Å². The van der Waals surface area contributed by atoms with Crippen LogP contribution in [-0.2, 0) is 4.79 Å². The Bertz CT molecular complexity index is 663. The average Bonchev–Trinajstić information content (AvgIpc) is 2.58. The third-order valence-electron chi connectivity index (χ3n) is 4.73. The standard InChI is InChI=1S/C18H22FN3O2/c1-22(11-20)18(24)16(9-12-5-3-2-4-6-12)15-10-13(19)7-8-14(15)17(21)23/h7-8,10,12,16H,2-6,9H2,1H3,(H2,21,23)/t16-/m0/s1. The second-order valence-electron chi connectivity index (χ2n) is 6.39. The van der Waals surface area contributed by atoms with Gasteiger partial charge in [0.25, 0.3) is 0 Å². The number of carbonyl (C=O) groups excluding carboxylic acids is 2. The molecule has 1 aliphatic rings. The highest BCUT2D eigenvalue weighted by Crippen LogP contribution is 2.35. The van der Waals surface area contributed by atoms with E-state index in [1.807, 2.05) is 0 Å². The van der Waals surface area contributed by atoms with Crippen LogP contribution in [0.15, 0.2) is 18.2 Å². The van der Waals surface area contributed by atoms with Crippen molar-refractivity contribution < 1.29 is 14.0 Å². The number of nitrogens with two attached hydrogens (primary N) is 1. The highest BCUT2D eigenvalue weighted by molar-refractivity contribution is 5.97. The number of benzene rings is 1. The zero-order chi connectivity index (χ0) is 17.7. The molecule has 0 bridgehead atoms. The molecule has 0 saturated heterocycles. The van der Waals surface area contributed by atoms with Crippen molar-refractivity contribution in [3.8, 4) is 6.19 Å². The van der Waals surface area contributed by atoms with E-state index in [-0.39, 0.29) is 11.1 Å². The number of primary amides is 1. The van der Waals surface area contributed by atoms with Crippen molar-refractivity contribution in [2.45, 2.75) is 44.4 Å². The van der Waals surface area contributed by atoms with E-state index in [0.29, 0.717) is 12.3 Å². The molecule has 1 aromatic carbocycles. The summed E-state index contributed by atoms with van der Waals surface area (Å²) in [6.07, 6.45) is 7.67. The Morgan fingerprint density at radius 2 is 2.04 bits per heavy atom. The van der Waals surface area contributed by atoms with Crippen LogP contribution in [0.3, 0.4) is 0 Å². The second kappa shape index (κ2) is 7.91. The SMILES string of the molecule is CN(C#N)C(=O)[C@@H](CC1CCCCC1)c1cc(F)ccc1C(N)=O. The minimum absolute atomic E-state index is 0.136. The third-order valence-corrected chi connectivity index (χ3v) is 4.73. The van der Waals surface area contributed by atoms with Crippen LogP contribution in [-0.4, -0.2) is 23.8 Å². The Balaban J connectivity index is 2.41. The van der Waals surface area contributed by atoms with Gasteiger partial charge in [0, 0.05) is 12.6 Å². The van der Waals surface area contributed by atoms with Gasteiger partial charge >= 0.3 is 0 Å². The number of halogens is 1. The predicted octanol–water partition coefficient (Wildman–Crippen LogP) is 2.92. The summed E-state index contributed by atoms with van der Waals surface area (Å²) in [6, 6.07) is 3.65. The zero-order valence-electron chi connectivity index (χ0n) is 13.8. The fraction of sp³-hybridized carbons (Fsp3) is 0.500. The number of nitriles is 1. The first kappa shape index (κ1) is 17.9. The first-order chi connectivity index (χ1) is 11.4. The molecule has 2 N–H and O–H groups in total. The molecule has 1 aliphatic carbocycles. The van der Waals surface area contributed by atoms with E-state index in [1.165, 1.54) is 25.6 Å². The molecule has 1 aromatic rings. The summed E-state index contributed by atoms with van der Waals surface area (Å²) < 4.78 is 13.8. The number of hydrogen-bond acceptors (Lipinski definition) is 3. The lowest BCUT2D eigenvalue weighted by Gasteiger charge is -2.28. The van der Waals surface area contributed by atoms with Gasteiger partial charge in [0.15, 0.2) is 6.19 Å². The lowest BCUT2D eigenvalue weighted by Crippen LogP contribution is -2.31. The quantitative estimate of drug-likeness (QED) is 0.665. The topological polar surface area (TPSA) is 87.2 Å². The van der Waals surface area contributed by atoms with E-state index >= 15 is 0 Å². The second-order valence-corrected chi connectivity index (χ2v) is 6.39. The summed E-state index contributed by atoms with van der Waals surface area (Å²) in [6.45, 7) is 0. The lowest BCUT2D eigenvalue weighted by molar-refractivity contribution is -0.129. The van der Waals surface area contributed by atoms with Gasteiger partial charge in [-0.1, -0.05) is 32.1 Å². The number of amides is 2. The van der Waals surface area contributed by atoms with Gasteiger partial charge in [-0.3, -0.25) is 14.5 Å². The van der Waals surface area contributed by atoms with Crippen LogP contribution in [0.25, 0.3) is 0 Å². The van der Waals surface area contributed by atoms with Crippen molar-refractivity contribution >= 4 is 11.8 Å². The summed E-state index contributed by atoms with van der Waals surface area (Å²) in [5.41, 5.74) is 5.81. The van der Waals surface area contributed by atoms with Gasteiger partial charge in [-0.05, 0) is 36.1 Å². The molecule has 0 radical (unpaired) electrons. The third kappa shape index (κ3) is 4.10. The van der Waals surface area contributed by atoms with Gasteiger partial charge < -0.3 is 5.73 Å². The van der Waals surface area contributed by atoms with Gasteiger partial charge in [0.1, 0.15) is 5.82 Å². The van der Waals surface area contributed by atoms with Gasteiger partial charge in [0.2, 0.25) is 11.8 Å². The number of carbonyl (C=O) groups is 2. The normalized spacial score (nSPS) is 16.2. The van der Waals surface area contributed by atoms with Gasteiger partial charge in [-0.2, -0.15) is 5.26 Å². The van der Waals surface area contributed by atoms with Gasteiger partial charge in [-0.25, -0.2) is 4.39 Å². The maximum absolute atomic E-state index is 13.8. The van der Waals surface area contributed by atoms with E-state index in [0.717, 1.165) is 36.6 Å². The molecule has 0 spiro atoms. The van der Waals surface area contributed by atoms with Crippen molar-refractivity contribution in [1.82, 2.24) is 4.90 Å². The molecule has 2 rings (SSSR count). The smallest absolute Gasteiger partial charge is 0.249 e. The lowest BCUT2D eigenvalue weighted by atomic mass is 9.79. The minimum Gasteiger partial charge on any atom is -0.366 e. The van der Waals surface area contributed by atoms with Crippen LogP contribution in [0.4, 0.5) is 4.39 Å². The Hall–Kier alpha value is -2.42. The Morgan fingerprint density at radius 1 is 1.38 bits per heavy atom. The summed E-state index contributed by atoms with van der Waals surface area (Å²) in [4.78, 5) is 25.3. The zero-order valence-corrected chi connectivity index (χ0v) is 13.8. The van der Waals surface area contributed by atoms with Crippen molar-refractivity contribution in [2.75, 3.05) is 7.05 Å². The van der Waals surface area contributed by atoms with E-state index in [9.17, 15) is 14.0 Å². The fourth-order valence-electron chi connectivity index (χ4n) is 3.45. The first-order valence-corrected chi connectivity index (χ1v) is 8.20. The van der Waals surface area contributed by atoms with Crippen LogP contribution < -0.4 is 5.73 Å². The maximum Gasteiger partial charge on any atom is 0.249 e. The molecule has 0 heterocycles. The average molecular weight is 331 g/mol. The fourth-order valence-corrected chi connectivity index (χ4v) is 3.45. The van der Waals surface area contributed by atoms with E-state index < -0.39 is 23.5 Å². The molecular formula is C18H22FN3O2. The molecule has 0 unspecified atom stereocenters. The van der Waals surface area contributed by atoms with Gasteiger partial charge in [0.05, 0.1) is 5.92 Å². The van der Waals surface area contributed by atoms with E-state index in [4.69, 9.17) is 11.0 Å². The monoisotopic (exact) mass is 331 g/mol. The van der Waals surface area contributed by atoms with Crippen LogP contribution in [0.2, 0.25) is 0 Å². The molecule has 1 saturated carbocycles. The summed E-state index contributed by atoms with van der Waals surface area (Å²) >= 11 is 0. The van der Waals surface area contributed by atoms with Crippen molar-refractivity contribution in [3.63, 3.8) is 0 Å². The van der Waals surface area contributed by atoms with Crippen LogP contribution in [0.1, 0.15) is 60.4 Å². The molecule has 0 aliphatic heterocycles. The van der Waals surface area contributed by atoms with E-state index in [2.05, 4.69) is 0 Å². The Labute approximate surface area is 141 Å². The van der Waals surface area contributed by atoms with Crippen molar-refractivity contribution in [2.24, 2.45) is 11.7 Å². The predicted molar refractivity (Wildman–Crippen MR) is 87.2 cm³/mol. The highest BCUT2D eigenvalue weighted by Gasteiger charge is 2.31. The molecule has 1 atom stereocenters. The minimum atomic E-state index is -0.740. The summed E-state index contributed by atoms with van der Waals surface area (Å²) in [7, 11) is 1.37. The Morgan fingerprint density at radius 3 is 2.62 bits per heavy atom. The molecular weight excluding hydrogens is 309 g/mol. The molecule has 2 amide bonds. The molecule has 128 valence electrons. The van der Waals surface area contributed by atoms with Crippen LogP contribution in [0.5, 0.6) is 0 Å². The molecule has 1 fully saturated rings. The molecule has 5 nitrogen and oxygen atoms in total. The molecule has 24 heavy (non-hydrogen) atoms. The molecule has 6 heteroatoms. The first-order valence-electron chi connectivity index (χ1n) is 8.20. The number of likely N-dealkylation sites (N-methyl/N-ethyl adjacent to an activating group) is 1. The largest absolute Gasteiger partial charge is 0.366 e. The van der Waals surface area contributed by atoms with Crippen molar-refractivity contribution in [1.29, 1.82) is 5.26 Å². The number of nitrogens with zero attached hydrogens (tertiary/aromatic N) is 2. The number of rotatable bonds is 5. The van der Waals surface area contributed by atoms with E-state index in [1.54, 1.807) is 6.19 Å².